The topological polar surface area (TPSA) is 67.6 Å². The Morgan fingerprint density at radius 2 is 1.96 bits per heavy atom. The summed E-state index contributed by atoms with van der Waals surface area (Å²) in [5, 5.41) is 6.84. The highest BCUT2D eigenvalue weighted by Gasteiger charge is 2.18. The number of benzene rings is 1. The van der Waals surface area contributed by atoms with Gasteiger partial charge in [0.2, 0.25) is 5.91 Å². The quantitative estimate of drug-likeness (QED) is 0.859. The number of carbonyl (C=O) groups is 1. The van der Waals surface area contributed by atoms with E-state index in [1.807, 2.05) is 38.1 Å². The number of aromatic nitrogens is 1. The van der Waals surface area contributed by atoms with Crippen LogP contribution < -0.4 is 10.1 Å². The Balaban J connectivity index is 1.47. The van der Waals surface area contributed by atoms with Crippen LogP contribution in [0.4, 0.5) is 5.69 Å². The Labute approximate surface area is 154 Å². The van der Waals surface area contributed by atoms with Gasteiger partial charge in [-0.3, -0.25) is 4.79 Å². The van der Waals surface area contributed by atoms with Gasteiger partial charge in [-0.2, -0.15) is 0 Å². The van der Waals surface area contributed by atoms with Gasteiger partial charge in [-0.1, -0.05) is 5.16 Å². The van der Waals surface area contributed by atoms with Gasteiger partial charge in [0.15, 0.2) is 0 Å². The first-order chi connectivity index (χ1) is 12.5. The van der Waals surface area contributed by atoms with E-state index in [9.17, 15) is 4.79 Å². The monoisotopic (exact) mass is 357 g/mol. The molecule has 26 heavy (non-hydrogen) atoms. The molecule has 1 saturated heterocycles. The van der Waals surface area contributed by atoms with Crippen LogP contribution in [0, 0.1) is 13.8 Å². The molecular weight excluding hydrogens is 330 g/mol. The molecule has 1 amide bonds. The van der Waals surface area contributed by atoms with Crippen molar-refractivity contribution >= 4 is 11.6 Å². The highest BCUT2D eigenvalue weighted by atomic mass is 16.5. The molecule has 1 N–H and O–H groups in total. The third kappa shape index (κ3) is 4.85. The fraction of sp³-hybridized carbons (Fsp3) is 0.500. The van der Waals surface area contributed by atoms with Crippen LogP contribution in [-0.4, -0.2) is 42.2 Å². The molecular formula is C20H27N3O3. The summed E-state index contributed by atoms with van der Waals surface area (Å²) >= 11 is 0. The van der Waals surface area contributed by atoms with E-state index in [1.165, 1.54) is 0 Å². The number of aryl methyl sites for hydroxylation is 2. The number of anilines is 1. The highest BCUT2D eigenvalue weighted by molar-refractivity contribution is 5.90. The van der Waals surface area contributed by atoms with Gasteiger partial charge in [0.05, 0.1) is 5.69 Å². The van der Waals surface area contributed by atoms with Gasteiger partial charge in [0.1, 0.15) is 17.6 Å². The number of amides is 1. The van der Waals surface area contributed by atoms with E-state index in [2.05, 4.69) is 22.4 Å². The molecule has 3 rings (SSSR count). The summed E-state index contributed by atoms with van der Waals surface area (Å²) in [6, 6.07) is 7.61. The van der Waals surface area contributed by atoms with Gasteiger partial charge in [-0.05, 0) is 64.4 Å². The van der Waals surface area contributed by atoms with E-state index in [4.69, 9.17) is 9.26 Å². The van der Waals surface area contributed by atoms with Crippen molar-refractivity contribution < 1.29 is 14.1 Å². The average Bonchev–Trinajstić information content (AvgIpc) is 2.95. The summed E-state index contributed by atoms with van der Waals surface area (Å²) in [5.74, 6) is 1.62. The van der Waals surface area contributed by atoms with Crippen LogP contribution in [0.1, 0.15) is 36.3 Å². The van der Waals surface area contributed by atoms with Crippen LogP contribution in [0.3, 0.4) is 0 Å². The van der Waals surface area contributed by atoms with Gasteiger partial charge in [0, 0.05) is 30.8 Å². The van der Waals surface area contributed by atoms with Crippen LogP contribution in [0.5, 0.6) is 5.75 Å². The van der Waals surface area contributed by atoms with Crippen LogP contribution in [0.25, 0.3) is 0 Å². The number of rotatable bonds is 6. The minimum Gasteiger partial charge on any atom is -0.490 e. The first-order valence-electron chi connectivity index (χ1n) is 9.18. The number of nitrogens with zero attached hydrogens (tertiary/aromatic N) is 2. The van der Waals surface area contributed by atoms with E-state index in [1.54, 1.807) is 0 Å². The Hall–Kier alpha value is -2.34. The molecule has 1 aromatic carbocycles. The SMILES string of the molecule is Cc1noc(C)c1CCC(=O)Nc1ccc(OC2CCN(C)CC2)cc1. The lowest BCUT2D eigenvalue weighted by Crippen LogP contribution is -2.35. The number of likely N-dealkylation sites (tertiary alicyclic amines) is 1. The lowest BCUT2D eigenvalue weighted by molar-refractivity contribution is -0.116. The molecule has 0 spiro atoms. The van der Waals surface area contributed by atoms with Gasteiger partial charge < -0.3 is 19.5 Å². The normalized spacial score (nSPS) is 15.8. The zero-order chi connectivity index (χ0) is 18.5. The molecule has 1 fully saturated rings. The second-order valence-electron chi connectivity index (χ2n) is 7.00. The number of carbonyl (C=O) groups excluding carboxylic acids is 1. The standard InChI is InChI=1S/C20H27N3O3/c1-14-19(15(2)26-22-14)8-9-20(24)21-16-4-6-17(7-5-16)25-18-10-12-23(3)13-11-18/h4-7,18H,8-13H2,1-3H3,(H,21,24). The maximum Gasteiger partial charge on any atom is 0.224 e. The molecule has 6 heteroatoms. The van der Waals surface area contributed by atoms with Crippen molar-refractivity contribution in [3.05, 3.63) is 41.3 Å². The predicted octanol–water partition coefficient (Wildman–Crippen LogP) is 3.34. The molecule has 0 saturated carbocycles. The molecule has 0 aliphatic carbocycles. The molecule has 6 nitrogen and oxygen atoms in total. The van der Waals surface area contributed by atoms with Gasteiger partial charge >= 0.3 is 0 Å². The predicted molar refractivity (Wildman–Crippen MR) is 101 cm³/mol. The lowest BCUT2D eigenvalue weighted by atomic mass is 10.1. The minimum absolute atomic E-state index is 0.0195. The Morgan fingerprint density at radius 3 is 2.58 bits per heavy atom. The summed E-state index contributed by atoms with van der Waals surface area (Å²) in [6.45, 7) is 5.91. The third-order valence-corrected chi connectivity index (χ3v) is 4.89. The van der Waals surface area contributed by atoms with Crippen molar-refractivity contribution in [3.63, 3.8) is 0 Å². The number of hydrogen-bond acceptors (Lipinski definition) is 5. The molecule has 140 valence electrons. The number of hydrogen-bond donors (Lipinski definition) is 1. The van der Waals surface area contributed by atoms with Gasteiger partial charge in [-0.25, -0.2) is 0 Å². The van der Waals surface area contributed by atoms with Crippen molar-refractivity contribution in [2.45, 2.75) is 45.6 Å². The average molecular weight is 357 g/mol. The van der Waals surface area contributed by atoms with Crippen molar-refractivity contribution in [2.75, 3.05) is 25.5 Å². The van der Waals surface area contributed by atoms with Crippen molar-refractivity contribution in [1.29, 1.82) is 0 Å². The van der Waals surface area contributed by atoms with Gasteiger partial charge in [0.25, 0.3) is 0 Å². The summed E-state index contributed by atoms with van der Waals surface area (Å²) < 4.78 is 11.2. The maximum atomic E-state index is 12.2. The molecule has 2 aromatic rings. The zero-order valence-electron chi connectivity index (χ0n) is 15.7. The van der Waals surface area contributed by atoms with E-state index in [0.717, 1.165) is 54.4 Å². The second-order valence-corrected chi connectivity index (χ2v) is 7.00. The highest BCUT2D eigenvalue weighted by Crippen LogP contribution is 2.21. The first-order valence-corrected chi connectivity index (χ1v) is 9.18. The number of ether oxygens (including phenoxy) is 1. The molecule has 0 bridgehead atoms. The lowest BCUT2D eigenvalue weighted by Gasteiger charge is -2.29. The first kappa shape index (κ1) is 18.5. The molecule has 1 aromatic heterocycles. The van der Waals surface area contributed by atoms with Gasteiger partial charge in [-0.15, -0.1) is 0 Å². The largest absolute Gasteiger partial charge is 0.490 e. The summed E-state index contributed by atoms with van der Waals surface area (Å²) in [4.78, 5) is 14.5. The number of nitrogens with one attached hydrogen (secondary N) is 1. The van der Waals surface area contributed by atoms with E-state index in [0.29, 0.717) is 12.8 Å². The Bertz CT molecular complexity index is 712. The van der Waals surface area contributed by atoms with E-state index < -0.39 is 0 Å². The van der Waals surface area contributed by atoms with Crippen molar-refractivity contribution in [3.8, 4) is 5.75 Å². The Kier molecular flexibility index (Phi) is 5.93. The second kappa shape index (κ2) is 8.36. The summed E-state index contributed by atoms with van der Waals surface area (Å²) in [5.41, 5.74) is 2.65. The van der Waals surface area contributed by atoms with E-state index >= 15 is 0 Å². The van der Waals surface area contributed by atoms with Crippen LogP contribution in [-0.2, 0) is 11.2 Å². The maximum absolute atomic E-state index is 12.2. The molecule has 2 heterocycles. The molecule has 1 aliphatic rings. The summed E-state index contributed by atoms with van der Waals surface area (Å²) in [6.07, 6.45) is 3.41. The van der Waals surface area contributed by atoms with E-state index in [-0.39, 0.29) is 12.0 Å². The number of piperidine rings is 1. The third-order valence-electron chi connectivity index (χ3n) is 4.89. The smallest absolute Gasteiger partial charge is 0.224 e. The van der Waals surface area contributed by atoms with Crippen LogP contribution in [0.2, 0.25) is 0 Å². The Morgan fingerprint density at radius 1 is 1.27 bits per heavy atom. The fourth-order valence-electron chi connectivity index (χ4n) is 3.23. The summed E-state index contributed by atoms with van der Waals surface area (Å²) in [7, 11) is 2.14. The molecule has 0 radical (unpaired) electrons. The molecule has 0 atom stereocenters. The van der Waals surface area contributed by atoms with Crippen molar-refractivity contribution in [1.82, 2.24) is 10.1 Å². The minimum atomic E-state index is -0.0195. The van der Waals surface area contributed by atoms with Crippen molar-refractivity contribution in [2.24, 2.45) is 0 Å². The molecule has 1 aliphatic heterocycles. The fourth-order valence-corrected chi connectivity index (χ4v) is 3.23. The zero-order valence-corrected chi connectivity index (χ0v) is 15.7. The molecule has 0 unspecified atom stereocenters. The van der Waals surface area contributed by atoms with Crippen LogP contribution in [0.15, 0.2) is 28.8 Å². The van der Waals surface area contributed by atoms with Crippen LogP contribution >= 0.6 is 0 Å².